The van der Waals surface area contributed by atoms with E-state index in [2.05, 4.69) is 15.0 Å². The first-order valence-corrected chi connectivity index (χ1v) is 6.83. The van der Waals surface area contributed by atoms with Crippen LogP contribution in [0.3, 0.4) is 0 Å². The van der Waals surface area contributed by atoms with Gasteiger partial charge >= 0.3 is 5.69 Å². The lowest BCUT2D eigenvalue weighted by molar-refractivity contribution is 0.476. The van der Waals surface area contributed by atoms with Gasteiger partial charge in [0.2, 0.25) is 0 Å². The average molecular weight is 283 g/mol. The minimum Gasteiger partial charge on any atom is -0.508 e. The zero-order valence-corrected chi connectivity index (χ0v) is 11.0. The standard InChI is InChI=1S/C14H9N3O2S/c18-8-2-4-10-12(6-8)20-13(15-10)7-1-3-9-11(5-7)17-14(19)16-9/h1-6,18H,(H2,16,17,19). The molecule has 5 nitrogen and oxygen atoms in total. The lowest BCUT2D eigenvalue weighted by Crippen LogP contribution is -1.99. The Bertz CT molecular complexity index is 996. The molecule has 0 bridgehead atoms. The summed E-state index contributed by atoms with van der Waals surface area (Å²) in [4.78, 5) is 21.3. The maximum Gasteiger partial charge on any atom is 0.323 e. The molecule has 0 aliphatic rings. The van der Waals surface area contributed by atoms with E-state index < -0.39 is 0 Å². The minimum absolute atomic E-state index is 0.216. The second kappa shape index (κ2) is 3.94. The number of nitrogens with one attached hydrogen (secondary N) is 2. The number of hydrogen-bond donors (Lipinski definition) is 3. The van der Waals surface area contributed by atoms with Crippen LogP contribution in [0.5, 0.6) is 5.75 Å². The molecule has 0 atom stereocenters. The fourth-order valence-electron chi connectivity index (χ4n) is 2.20. The summed E-state index contributed by atoms with van der Waals surface area (Å²) >= 11 is 1.51. The van der Waals surface area contributed by atoms with E-state index in [9.17, 15) is 9.90 Å². The number of fused-ring (bicyclic) bond motifs is 2. The fraction of sp³-hybridized carbons (Fsp3) is 0. The highest BCUT2D eigenvalue weighted by molar-refractivity contribution is 7.21. The Kier molecular flexibility index (Phi) is 2.22. The van der Waals surface area contributed by atoms with Crippen LogP contribution in [-0.4, -0.2) is 20.1 Å². The van der Waals surface area contributed by atoms with Crippen molar-refractivity contribution >= 4 is 32.6 Å². The molecule has 2 aromatic heterocycles. The van der Waals surface area contributed by atoms with E-state index in [1.54, 1.807) is 18.2 Å². The zero-order chi connectivity index (χ0) is 13.7. The highest BCUT2D eigenvalue weighted by Gasteiger charge is 2.08. The van der Waals surface area contributed by atoms with Crippen LogP contribution in [-0.2, 0) is 0 Å². The van der Waals surface area contributed by atoms with Crippen molar-refractivity contribution in [1.29, 1.82) is 0 Å². The summed E-state index contributed by atoms with van der Waals surface area (Å²) in [5.41, 5.74) is 3.11. The van der Waals surface area contributed by atoms with Gasteiger partial charge in [-0.2, -0.15) is 0 Å². The molecule has 0 aliphatic carbocycles. The molecule has 98 valence electrons. The van der Waals surface area contributed by atoms with Crippen molar-refractivity contribution in [2.24, 2.45) is 0 Å². The highest BCUT2D eigenvalue weighted by atomic mass is 32.1. The Morgan fingerprint density at radius 1 is 1.05 bits per heavy atom. The number of rotatable bonds is 1. The van der Waals surface area contributed by atoms with Crippen LogP contribution in [0.1, 0.15) is 0 Å². The van der Waals surface area contributed by atoms with E-state index in [1.165, 1.54) is 11.3 Å². The van der Waals surface area contributed by atoms with Crippen molar-refractivity contribution in [3.63, 3.8) is 0 Å². The summed E-state index contributed by atoms with van der Waals surface area (Å²) in [5.74, 6) is 0.234. The molecule has 0 fully saturated rings. The first kappa shape index (κ1) is 11.2. The largest absolute Gasteiger partial charge is 0.508 e. The number of phenolic OH excluding ortho intramolecular Hbond substituents is 1. The maximum absolute atomic E-state index is 11.3. The van der Waals surface area contributed by atoms with E-state index in [0.717, 1.165) is 31.8 Å². The second-order valence-corrected chi connectivity index (χ2v) is 5.54. The van der Waals surface area contributed by atoms with Crippen molar-refractivity contribution in [2.75, 3.05) is 0 Å². The molecule has 2 aromatic carbocycles. The SMILES string of the molecule is O=c1[nH]c2ccc(-c3nc4ccc(O)cc4s3)cc2[nH]1. The smallest absolute Gasteiger partial charge is 0.323 e. The average Bonchev–Trinajstić information content (AvgIpc) is 2.99. The maximum atomic E-state index is 11.3. The molecule has 2 heterocycles. The second-order valence-electron chi connectivity index (χ2n) is 4.51. The summed E-state index contributed by atoms with van der Waals surface area (Å²) in [6.45, 7) is 0. The number of benzene rings is 2. The summed E-state index contributed by atoms with van der Waals surface area (Å²) in [6, 6.07) is 10.8. The first-order valence-electron chi connectivity index (χ1n) is 6.01. The lowest BCUT2D eigenvalue weighted by atomic mass is 10.2. The highest BCUT2D eigenvalue weighted by Crippen LogP contribution is 2.32. The van der Waals surface area contributed by atoms with Crippen LogP contribution in [0, 0.1) is 0 Å². The van der Waals surface area contributed by atoms with Gasteiger partial charge in [-0.15, -0.1) is 11.3 Å². The van der Waals surface area contributed by atoms with Gasteiger partial charge < -0.3 is 15.1 Å². The quantitative estimate of drug-likeness (QED) is 0.502. The van der Waals surface area contributed by atoms with Crippen LogP contribution >= 0.6 is 11.3 Å². The Balaban J connectivity index is 1.92. The zero-order valence-electron chi connectivity index (χ0n) is 10.2. The Labute approximate surface area is 116 Å². The van der Waals surface area contributed by atoms with Crippen molar-refractivity contribution in [3.05, 3.63) is 46.9 Å². The Morgan fingerprint density at radius 3 is 2.80 bits per heavy atom. The summed E-state index contributed by atoms with van der Waals surface area (Å²) in [5, 5.41) is 10.3. The predicted octanol–water partition coefficient (Wildman–Crippen LogP) is 2.84. The van der Waals surface area contributed by atoms with Crippen LogP contribution < -0.4 is 5.69 Å². The summed E-state index contributed by atoms with van der Waals surface area (Å²) in [6.07, 6.45) is 0. The molecule has 6 heteroatoms. The van der Waals surface area contributed by atoms with Gasteiger partial charge in [-0.3, -0.25) is 0 Å². The molecule has 0 unspecified atom stereocenters. The third-order valence-corrected chi connectivity index (χ3v) is 4.20. The molecule has 3 N–H and O–H groups in total. The number of aromatic amines is 2. The number of thiazole rings is 1. The van der Waals surface area contributed by atoms with Crippen molar-refractivity contribution < 1.29 is 5.11 Å². The summed E-state index contributed by atoms with van der Waals surface area (Å²) < 4.78 is 0.933. The minimum atomic E-state index is -0.216. The van der Waals surface area contributed by atoms with Gasteiger partial charge in [-0.05, 0) is 36.4 Å². The molecule has 0 amide bonds. The van der Waals surface area contributed by atoms with E-state index in [-0.39, 0.29) is 11.4 Å². The molecular weight excluding hydrogens is 274 g/mol. The van der Waals surface area contributed by atoms with E-state index in [1.807, 2.05) is 18.2 Å². The van der Waals surface area contributed by atoms with Gasteiger partial charge in [0.25, 0.3) is 0 Å². The van der Waals surface area contributed by atoms with Gasteiger partial charge in [0.05, 0.1) is 21.3 Å². The molecule has 20 heavy (non-hydrogen) atoms. The first-order chi connectivity index (χ1) is 9.69. The normalized spacial score (nSPS) is 11.4. The van der Waals surface area contributed by atoms with E-state index in [0.29, 0.717) is 0 Å². The van der Waals surface area contributed by atoms with Crippen LogP contribution in [0.2, 0.25) is 0 Å². The van der Waals surface area contributed by atoms with Crippen molar-refractivity contribution in [2.45, 2.75) is 0 Å². The number of nitrogens with zero attached hydrogens (tertiary/aromatic N) is 1. The monoisotopic (exact) mass is 283 g/mol. The van der Waals surface area contributed by atoms with Gasteiger partial charge in [0, 0.05) is 5.56 Å². The third-order valence-electron chi connectivity index (χ3n) is 3.13. The van der Waals surface area contributed by atoms with Gasteiger partial charge in [0.1, 0.15) is 10.8 Å². The van der Waals surface area contributed by atoms with Gasteiger partial charge in [0.15, 0.2) is 0 Å². The molecule has 0 aliphatic heterocycles. The Morgan fingerprint density at radius 2 is 1.90 bits per heavy atom. The molecule has 0 saturated heterocycles. The molecule has 0 spiro atoms. The van der Waals surface area contributed by atoms with E-state index >= 15 is 0 Å². The number of aromatic nitrogens is 3. The molecule has 0 radical (unpaired) electrons. The molecule has 4 aromatic rings. The lowest BCUT2D eigenvalue weighted by Gasteiger charge is -1.95. The van der Waals surface area contributed by atoms with Gasteiger partial charge in [-0.25, -0.2) is 9.78 Å². The molecule has 0 saturated carbocycles. The van der Waals surface area contributed by atoms with Crippen LogP contribution in [0.4, 0.5) is 0 Å². The predicted molar refractivity (Wildman–Crippen MR) is 79.2 cm³/mol. The van der Waals surface area contributed by atoms with Crippen molar-refractivity contribution in [3.8, 4) is 16.3 Å². The summed E-state index contributed by atoms with van der Waals surface area (Å²) in [7, 11) is 0. The molecule has 4 rings (SSSR count). The topological polar surface area (TPSA) is 81.8 Å². The number of imidazole rings is 1. The van der Waals surface area contributed by atoms with Crippen molar-refractivity contribution in [1.82, 2.24) is 15.0 Å². The van der Waals surface area contributed by atoms with Crippen LogP contribution in [0.25, 0.3) is 31.8 Å². The van der Waals surface area contributed by atoms with Crippen LogP contribution in [0.15, 0.2) is 41.2 Å². The van der Waals surface area contributed by atoms with Gasteiger partial charge in [-0.1, -0.05) is 0 Å². The third kappa shape index (κ3) is 1.70. The molecular formula is C14H9N3O2S. The Hall–Kier alpha value is -2.60. The van der Waals surface area contributed by atoms with E-state index in [4.69, 9.17) is 0 Å². The number of H-pyrrole nitrogens is 2. The number of aromatic hydroxyl groups is 1. The number of phenols is 1. The number of hydrogen-bond acceptors (Lipinski definition) is 4. The fourth-order valence-corrected chi connectivity index (χ4v) is 3.20.